The van der Waals surface area contributed by atoms with Crippen LogP contribution in [0.3, 0.4) is 0 Å². The van der Waals surface area contributed by atoms with Gasteiger partial charge in [-0.05, 0) is 37.5 Å². The van der Waals surface area contributed by atoms with Gasteiger partial charge in [0.15, 0.2) is 12.2 Å². The Bertz CT molecular complexity index is 2080. The molecule has 0 aliphatic rings. The average Bonchev–Trinajstić information content (AvgIpc) is 0.900. The number of esters is 4. The van der Waals surface area contributed by atoms with E-state index in [2.05, 4.69) is 41.5 Å². The molecule has 0 rings (SSSR count). The van der Waals surface area contributed by atoms with Gasteiger partial charge in [-0.15, -0.1) is 0 Å². The van der Waals surface area contributed by atoms with Gasteiger partial charge in [0.1, 0.15) is 19.3 Å². The summed E-state index contributed by atoms with van der Waals surface area (Å²) in [5.41, 5.74) is 0. The summed E-state index contributed by atoms with van der Waals surface area (Å²) in [6, 6.07) is 0. The van der Waals surface area contributed by atoms with Gasteiger partial charge in [-0.3, -0.25) is 37.3 Å². The maximum Gasteiger partial charge on any atom is 0.472 e. The summed E-state index contributed by atoms with van der Waals surface area (Å²) in [4.78, 5) is 73.4. The number of rotatable bonds is 89. The van der Waals surface area contributed by atoms with Crippen molar-refractivity contribution in [3.05, 3.63) is 0 Å². The zero-order chi connectivity index (χ0) is 79.9. The standard InChI is InChI=1S/C90H176O17P2/c1-7-10-12-14-16-18-20-22-24-26-28-29-30-31-33-35-41-45-49-57-63-69-74-89(94)106-85(78-100-87(92)72-66-60-54-47-43-39-37-36-38-42-46-53-59-65-71-83(6)9-3)80-104-108(96,97)102-76-84(91)77-103-109(98,99)105-81-86(79-101-88(93)73-67-61-55-51-50-52-58-64-70-82(4)5)107-90(95)75-68-62-56-48-44-40-34-32-27-25-23-21-19-17-15-13-11-8-2/h82-86,91H,7-81H2,1-6H3,(H,96,97)(H,98,99)/t83?,84-,85-,86-/m1/s1. The molecule has 17 nitrogen and oxygen atoms in total. The number of aliphatic hydroxyl groups excluding tert-OH is 1. The van der Waals surface area contributed by atoms with Crippen molar-refractivity contribution in [3.63, 3.8) is 0 Å². The number of aliphatic hydroxyl groups is 1. The third-order valence-electron chi connectivity index (χ3n) is 21.6. The van der Waals surface area contributed by atoms with Crippen LogP contribution in [0.4, 0.5) is 0 Å². The summed E-state index contributed by atoms with van der Waals surface area (Å²) in [6.45, 7) is 9.72. The van der Waals surface area contributed by atoms with Crippen LogP contribution in [0, 0.1) is 11.8 Å². The first-order valence-electron chi connectivity index (χ1n) is 46.5. The van der Waals surface area contributed by atoms with Crippen molar-refractivity contribution in [1.29, 1.82) is 0 Å². The maximum atomic E-state index is 13.2. The molecule has 19 heteroatoms. The molecule has 0 fully saturated rings. The minimum atomic E-state index is -4.97. The summed E-state index contributed by atoms with van der Waals surface area (Å²) in [6.07, 6.45) is 75.1. The van der Waals surface area contributed by atoms with E-state index in [0.29, 0.717) is 25.7 Å². The number of hydrogen-bond acceptors (Lipinski definition) is 15. The number of ether oxygens (including phenoxy) is 4. The molecule has 0 aromatic carbocycles. The van der Waals surface area contributed by atoms with Gasteiger partial charge in [-0.1, -0.05) is 433 Å². The van der Waals surface area contributed by atoms with Crippen molar-refractivity contribution in [1.82, 2.24) is 0 Å². The molecule has 0 aromatic rings. The van der Waals surface area contributed by atoms with Crippen LogP contribution >= 0.6 is 15.6 Å². The van der Waals surface area contributed by atoms with E-state index in [4.69, 9.17) is 37.0 Å². The molecule has 3 N–H and O–H groups in total. The molecule has 0 amide bonds. The average molecular weight is 1590 g/mol. The number of unbranched alkanes of at least 4 members (excludes halogenated alkanes) is 58. The van der Waals surface area contributed by atoms with Crippen LogP contribution in [0.1, 0.15) is 485 Å². The zero-order valence-corrected chi connectivity index (χ0v) is 73.7. The molecule has 0 saturated heterocycles. The van der Waals surface area contributed by atoms with E-state index in [1.807, 2.05) is 0 Å². The highest BCUT2D eigenvalue weighted by molar-refractivity contribution is 7.47. The molecule has 0 heterocycles. The predicted molar refractivity (Wildman–Crippen MR) is 451 cm³/mol. The molecular formula is C90H176O17P2. The van der Waals surface area contributed by atoms with Crippen molar-refractivity contribution in [3.8, 4) is 0 Å². The minimum absolute atomic E-state index is 0.108. The summed E-state index contributed by atoms with van der Waals surface area (Å²) in [5, 5.41) is 10.7. The van der Waals surface area contributed by atoms with Gasteiger partial charge in [0, 0.05) is 25.7 Å². The number of carbonyl (C=O) groups excluding carboxylic acids is 4. The number of phosphoric acid groups is 2. The number of hydrogen-bond donors (Lipinski definition) is 3. The van der Waals surface area contributed by atoms with Crippen LogP contribution in [-0.2, 0) is 65.4 Å². The molecular weight excluding hydrogens is 1410 g/mol. The second-order valence-electron chi connectivity index (χ2n) is 33.1. The lowest BCUT2D eigenvalue weighted by Crippen LogP contribution is -2.30. The predicted octanol–water partition coefficient (Wildman–Crippen LogP) is 27.8. The third kappa shape index (κ3) is 82.4. The highest BCUT2D eigenvalue weighted by atomic mass is 31.2. The highest BCUT2D eigenvalue weighted by Crippen LogP contribution is 2.45. The summed E-state index contributed by atoms with van der Waals surface area (Å²) >= 11 is 0. The second kappa shape index (κ2) is 81.2. The molecule has 6 atom stereocenters. The Morgan fingerprint density at radius 1 is 0.266 bits per heavy atom. The third-order valence-corrected chi connectivity index (χ3v) is 23.5. The van der Waals surface area contributed by atoms with E-state index >= 15 is 0 Å². The lowest BCUT2D eigenvalue weighted by atomic mass is 9.99. The van der Waals surface area contributed by atoms with Gasteiger partial charge in [0.05, 0.1) is 26.4 Å². The van der Waals surface area contributed by atoms with Crippen LogP contribution < -0.4 is 0 Å². The number of phosphoric ester groups is 2. The Labute approximate surface area is 670 Å². The van der Waals surface area contributed by atoms with Crippen molar-refractivity contribution in [2.24, 2.45) is 11.8 Å². The number of carbonyl (C=O) groups is 4. The molecule has 0 aliphatic carbocycles. The fourth-order valence-electron chi connectivity index (χ4n) is 14.1. The van der Waals surface area contributed by atoms with E-state index in [9.17, 15) is 43.2 Å². The van der Waals surface area contributed by atoms with Crippen LogP contribution in [0.15, 0.2) is 0 Å². The van der Waals surface area contributed by atoms with Crippen molar-refractivity contribution in [2.75, 3.05) is 39.6 Å². The van der Waals surface area contributed by atoms with E-state index in [1.54, 1.807) is 0 Å². The van der Waals surface area contributed by atoms with Crippen molar-refractivity contribution < 1.29 is 80.2 Å². The van der Waals surface area contributed by atoms with E-state index in [0.717, 1.165) is 102 Å². The fraction of sp³-hybridized carbons (Fsp3) is 0.956. The Morgan fingerprint density at radius 2 is 0.468 bits per heavy atom. The molecule has 0 radical (unpaired) electrons. The van der Waals surface area contributed by atoms with Crippen LogP contribution in [-0.4, -0.2) is 96.7 Å². The minimum Gasteiger partial charge on any atom is -0.462 e. The van der Waals surface area contributed by atoms with Crippen LogP contribution in [0.2, 0.25) is 0 Å². The summed E-state index contributed by atoms with van der Waals surface area (Å²) in [7, 11) is -9.93. The van der Waals surface area contributed by atoms with Crippen molar-refractivity contribution >= 4 is 39.5 Å². The van der Waals surface area contributed by atoms with Crippen molar-refractivity contribution in [2.45, 2.75) is 503 Å². The SMILES string of the molecule is CCCCCCCCCCCCCCCCCCCCCCCCC(=O)O[C@H](COC(=O)CCCCCCCCCCCCCCCCC(C)CC)COP(=O)(O)OC[C@@H](O)COP(=O)(O)OC[C@@H](COC(=O)CCCCCCCCCCC(C)C)OC(=O)CCCCCCCCCCCCCCCCCCCC. The summed E-state index contributed by atoms with van der Waals surface area (Å²) in [5.74, 6) is -0.522. The highest BCUT2D eigenvalue weighted by Gasteiger charge is 2.31. The molecule has 3 unspecified atom stereocenters. The molecule has 0 aliphatic heterocycles. The second-order valence-corrected chi connectivity index (χ2v) is 36.0. The van der Waals surface area contributed by atoms with E-state index < -0.39 is 97.5 Å². The fourth-order valence-corrected chi connectivity index (χ4v) is 15.7. The Morgan fingerprint density at radius 3 is 0.697 bits per heavy atom. The van der Waals surface area contributed by atoms with Gasteiger partial charge >= 0.3 is 39.5 Å². The van der Waals surface area contributed by atoms with Gasteiger partial charge in [0.2, 0.25) is 0 Å². The summed E-state index contributed by atoms with van der Waals surface area (Å²) < 4.78 is 69.0. The zero-order valence-electron chi connectivity index (χ0n) is 71.9. The Kier molecular flexibility index (Phi) is 79.8. The Balaban J connectivity index is 5.23. The molecule has 648 valence electrons. The molecule has 0 saturated carbocycles. The monoisotopic (exact) mass is 1590 g/mol. The lowest BCUT2D eigenvalue weighted by molar-refractivity contribution is -0.161. The molecule has 0 spiro atoms. The first kappa shape index (κ1) is 107. The van der Waals surface area contributed by atoms with Crippen LogP contribution in [0.25, 0.3) is 0 Å². The van der Waals surface area contributed by atoms with E-state index in [1.165, 1.54) is 302 Å². The molecule has 0 bridgehead atoms. The van der Waals surface area contributed by atoms with Gasteiger partial charge in [-0.2, -0.15) is 0 Å². The van der Waals surface area contributed by atoms with E-state index in [-0.39, 0.29) is 25.7 Å². The lowest BCUT2D eigenvalue weighted by Gasteiger charge is -2.21. The first-order chi connectivity index (χ1) is 52.9. The topological polar surface area (TPSA) is 237 Å². The largest absolute Gasteiger partial charge is 0.472 e. The van der Waals surface area contributed by atoms with Gasteiger partial charge < -0.3 is 33.8 Å². The van der Waals surface area contributed by atoms with Gasteiger partial charge in [0.25, 0.3) is 0 Å². The quantitative estimate of drug-likeness (QED) is 0.0222. The smallest absolute Gasteiger partial charge is 0.462 e. The van der Waals surface area contributed by atoms with Gasteiger partial charge in [-0.25, -0.2) is 9.13 Å². The molecule has 0 aromatic heterocycles. The normalized spacial score (nSPS) is 14.0. The maximum absolute atomic E-state index is 13.2. The van der Waals surface area contributed by atoms with Crippen LogP contribution in [0.5, 0.6) is 0 Å². The molecule has 109 heavy (non-hydrogen) atoms. The first-order valence-corrected chi connectivity index (χ1v) is 49.5. The Hall–Kier alpha value is -1.94.